The van der Waals surface area contributed by atoms with E-state index in [9.17, 15) is 14.0 Å². The molecular weight excluding hydrogens is 339 g/mol. The molecule has 0 spiro atoms. The first-order valence-electron chi connectivity index (χ1n) is 9.05. The molecular formula is C19H25FN2O4. The molecule has 0 aromatic heterocycles. The number of aryl methyl sites for hydroxylation is 1. The maximum atomic E-state index is 13.3. The minimum atomic E-state index is -0.571. The van der Waals surface area contributed by atoms with E-state index in [0.29, 0.717) is 25.1 Å². The molecule has 1 saturated heterocycles. The van der Waals surface area contributed by atoms with Gasteiger partial charge in [0.2, 0.25) is 0 Å². The van der Waals surface area contributed by atoms with Crippen LogP contribution in [0.4, 0.5) is 9.18 Å². The van der Waals surface area contributed by atoms with E-state index >= 15 is 0 Å². The number of piperidine rings is 1. The largest absolute Gasteiger partial charge is 0.480 e. The Bertz CT molecular complexity index is 680. The molecule has 142 valence electrons. The normalized spacial score (nSPS) is 22.2. The Kier molecular flexibility index (Phi) is 5.64. The smallest absolute Gasteiger partial charge is 0.409 e. The quantitative estimate of drug-likeness (QED) is 0.827. The Morgan fingerprint density at radius 3 is 2.88 bits per heavy atom. The summed E-state index contributed by atoms with van der Waals surface area (Å²) in [5.41, 5.74) is 0.796. The number of nitrogens with zero attached hydrogens (tertiary/aromatic N) is 2. The fourth-order valence-electron chi connectivity index (χ4n) is 3.48. The Morgan fingerprint density at radius 1 is 1.31 bits per heavy atom. The number of rotatable bonds is 3. The van der Waals surface area contributed by atoms with Crippen molar-refractivity contribution >= 4 is 12.0 Å². The van der Waals surface area contributed by atoms with Gasteiger partial charge < -0.3 is 19.3 Å². The molecule has 6 nitrogen and oxygen atoms in total. The van der Waals surface area contributed by atoms with Gasteiger partial charge in [0.1, 0.15) is 18.2 Å². The molecule has 2 aliphatic heterocycles. The molecule has 0 saturated carbocycles. The number of halogens is 1. The minimum Gasteiger partial charge on any atom is -0.480 e. The predicted molar refractivity (Wildman–Crippen MR) is 93.5 cm³/mol. The average Bonchev–Trinajstić information content (AvgIpc) is 2.65. The number of carbonyl (C=O) groups is 2. The van der Waals surface area contributed by atoms with E-state index in [1.807, 2.05) is 0 Å². The maximum Gasteiger partial charge on any atom is 0.409 e. The molecule has 0 N–H and O–H groups in total. The zero-order chi connectivity index (χ0) is 18.7. The lowest BCUT2D eigenvalue weighted by Gasteiger charge is -2.38. The van der Waals surface area contributed by atoms with Gasteiger partial charge in [-0.2, -0.15) is 0 Å². The molecule has 2 unspecified atom stereocenters. The third-order valence-corrected chi connectivity index (χ3v) is 4.92. The zero-order valence-electron chi connectivity index (χ0n) is 15.2. The first-order valence-corrected chi connectivity index (χ1v) is 9.05. The highest BCUT2D eigenvalue weighted by atomic mass is 19.1. The highest BCUT2D eigenvalue weighted by Gasteiger charge is 2.35. The van der Waals surface area contributed by atoms with E-state index in [4.69, 9.17) is 9.47 Å². The Labute approximate surface area is 152 Å². The first-order chi connectivity index (χ1) is 12.5. The highest BCUT2D eigenvalue weighted by Crippen LogP contribution is 2.30. The van der Waals surface area contributed by atoms with Crippen LogP contribution in [-0.4, -0.2) is 61.2 Å². The van der Waals surface area contributed by atoms with Crippen molar-refractivity contribution in [1.29, 1.82) is 0 Å². The summed E-state index contributed by atoms with van der Waals surface area (Å²) in [6.07, 6.45) is 2.89. The summed E-state index contributed by atoms with van der Waals surface area (Å²) in [6, 6.07) is 4.26. The van der Waals surface area contributed by atoms with E-state index in [0.717, 1.165) is 24.8 Å². The van der Waals surface area contributed by atoms with Crippen molar-refractivity contribution in [3.05, 3.63) is 29.6 Å². The second kappa shape index (κ2) is 7.93. The molecule has 1 fully saturated rings. The fraction of sp³-hybridized carbons (Fsp3) is 0.579. The van der Waals surface area contributed by atoms with E-state index in [1.165, 1.54) is 17.0 Å². The lowest BCUT2D eigenvalue weighted by atomic mass is 9.98. The van der Waals surface area contributed by atoms with Crippen LogP contribution in [0.3, 0.4) is 0 Å². The highest BCUT2D eigenvalue weighted by molar-refractivity contribution is 5.82. The summed E-state index contributed by atoms with van der Waals surface area (Å²) in [7, 11) is 3.25. The number of carbonyl (C=O) groups excluding carboxylic acids is 2. The topological polar surface area (TPSA) is 59.1 Å². The van der Waals surface area contributed by atoms with Crippen LogP contribution >= 0.6 is 0 Å². The Balaban J connectivity index is 1.65. The second-order valence-corrected chi connectivity index (χ2v) is 7.05. The molecule has 7 heteroatoms. The third kappa shape index (κ3) is 4.08. The average molecular weight is 364 g/mol. The summed E-state index contributed by atoms with van der Waals surface area (Å²) < 4.78 is 24.5. The maximum absolute atomic E-state index is 13.3. The fourth-order valence-corrected chi connectivity index (χ4v) is 3.48. The standard InChI is InChI=1S/C19H25FN2O4/c1-21(2)19(24)25-12-15-5-3-4-10-22(15)18(23)17-8-6-13-11-14(20)7-9-16(13)26-17/h7,9,11,15,17H,3-6,8,10,12H2,1-2H3. The van der Waals surface area contributed by atoms with E-state index in [2.05, 4.69) is 0 Å². The molecule has 1 aromatic rings. The monoisotopic (exact) mass is 364 g/mol. The van der Waals surface area contributed by atoms with E-state index in [-0.39, 0.29) is 24.4 Å². The summed E-state index contributed by atoms with van der Waals surface area (Å²) in [4.78, 5) is 27.8. The number of benzene rings is 1. The van der Waals surface area contributed by atoms with Gasteiger partial charge in [-0.05, 0) is 55.9 Å². The lowest BCUT2D eigenvalue weighted by molar-refractivity contribution is -0.144. The molecule has 0 bridgehead atoms. The van der Waals surface area contributed by atoms with E-state index < -0.39 is 12.2 Å². The Hall–Kier alpha value is -2.31. The van der Waals surface area contributed by atoms with Crippen molar-refractivity contribution in [3.8, 4) is 5.75 Å². The molecule has 3 rings (SSSR count). The van der Waals surface area contributed by atoms with Crippen LogP contribution < -0.4 is 4.74 Å². The van der Waals surface area contributed by atoms with Crippen LogP contribution in [0.5, 0.6) is 5.75 Å². The van der Waals surface area contributed by atoms with Gasteiger partial charge in [-0.1, -0.05) is 0 Å². The Morgan fingerprint density at radius 2 is 2.12 bits per heavy atom. The van der Waals surface area contributed by atoms with Crippen LogP contribution in [0.1, 0.15) is 31.2 Å². The molecule has 2 amide bonds. The van der Waals surface area contributed by atoms with Crippen molar-refractivity contribution < 1.29 is 23.5 Å². The molecule has 2 heterocycles. The molecule has 0 aliphatic carbocycles. The molecule has 2 atom stereocenters. The number of fused-ring (bicyclic) bond motifs is 1. The second-order valence-electron chi connectivity index (χ2n) is 7.05. The van der Waals surface area contributed by atoms with Gasteiger partial charge in [-0.15, -0.1) is 0 Å². The van der Waals surface area contributed by atoms with Crippen LogP contribution in [0.15, 0.2) is 18.2 Å². The van der Waals surface area contributed by atoms with Crippen molar-refractivity contribution in [1.82, 2.24) is 9.80 Å². The molecule has 0 radical (unpaired) electrons. The van der Waals surface area contributed by atoms with Crippen LogP contribution in [0, 0.1) is 5.82 Å². The van der Waals surface area contributed by atoms with Gasteiger partial charge in [0, 0.05) is 20.6 Å². The van der Waals surface area contributed by atoms with Gasteiger partial charge in [0.25, 0.3) is 5.91 Å². The zero-order valence-corrected chi connectivity index (χ0v) is 15.2. The van der Waals surface area contributed by atoms with Crippen LogP contribution in [0.2, 0.25) is 0 Å². The number of hydrogen-bond donors (Lipinski definition) is 0. The SMILES string of the molecule is CN(C)C(=O)OCC1CCCCN1C(=O)C1CCc2cc(F)ccc2O1. The molecule has 1 aromatic carbocycles. The molecule has 2 aliphatic rings. The predicted octanol–water partition coefficient (Wildman–Crippen LogP) is 2.60. The third-order valence-electron chi connectivity index (χ3n) is 4.92. The van der Waals surface area contributed by atoms with Gasteiger partial charge in [0.15, 0.2) is 6.10 Å². The first kappa shape index (κ1) is 18.5. The van der Waals surface area contributed by atoms with Crippen LogP contribution in [-0.2, 0) is 16.0 Å². The summed E-state index contributed by atoms with van der Waals surface area (Å²) in [5, 5.41) is 0. The number of likely N-dealkylation sites (tertiary alicyclic amines) is 1. The van der Waals surface area contributed by atoms with Crippen molar-refractivity contribution in [2.45, 2.75) is 44.2 Å². The van der Waals surface area contributed by atoms with Gasteiger partial charge >= 0.3 is 6.09 Å². The number of amides is 2. The lowest BCUT2D eigenvalue weighted by Crippen LogP contribution is -2.52. The van der Waals surface area contributed by atoms with Gasteiger partial charge in [0.05, 0.1) is 6.04 Å². The van der Waals surface area contributed by atoms with Crippen molar-refractivity contribution in [3.63, 3.8) is 0 Å². The van der Waals surface area contributed by atoms with Crippen molar-refractivity contribution in [2.24, 2.45) is 0 Å². The minimum absolute atomic E-state index is 0.0782. The number of ether oxygens (including phenoxy) is 2. The number of hydrogen-bond acceptors (Lipinski definition) is 4. The summed E-state index contributed by atoms with van der Waals surface area (Å²) >= 11 is 0. The summed E-state index contributed by atoms with van der Waals surface area (Å²) in [6.45, 7) is 0.830. The van der Waals surface area contributed by atoms with Gasteiger partial charge in [-0.25, -0.2) is 9.18 Å². The summed E-state index contributed by atoms with van der Waals surface area (Å²) in [5.74, 6) is 0.199. The molecule has 26 heavy (non-hydrogen) atoms. The van der Waals surface area contributed by atoms with E-state index in [1.54, 1.807) is 25.1 Å². The van der Waals surface area contributed by atoms with Crippen LogP contribution in [0.25, 0.3) is 0 Å². The van der Waals surface area contributed by atoms with Gasteiger partial charge in [-0.3, -0.25) is 4.79 Å². The van der Waals surface area contributed by atoms with Crippen molar-refractivity contribution in [2.75, 3.05) is 27.2 Å².